The number of thiophene rings is 1. The van der Waals surface area contributed by atoms with Crippen molar-refractivity contribution in [1.82, 2.24) is 14.8 Å². The lowest BCUT2D eigenvalue weighted by molar-refractivity contribution is -0.156. The molecule has 0 radical (unpaired) electrons. The summed E-state index contributed by atoms with van der Waals surface area (Å²) in [4.78, 5) is 13.1. The number of carbonyl (C=O) groups is 1. The zero-order chi connectivity index (χ0) is 27.9. The molecule has 0 aliphatic rings. The summed E-state index contributed by atoms with van der Waals surface area (Å²) < 4.78 is 71.4. The van der Waals surface area contributed by atoms with E-state index in [-0.39, 0.29) is 23.6 Å². The fourth-order valence-electron chi connectivity index (χ4n) is 3.56. The number of alkyl halides is 3. The molecule has 3 rings (SSSR count). The molecule has 0 saturated carbocycles. The van der Waals surface area contributed by atoms with Crippen LogP contribution in [0.25, 0.3) is 0 Å². The van der Waals surface area contributed by atoms with Crippen LogP contribution < -0.4 is 5.32 Å². The van der Waals surface area contributed by atoms with Gasteiger partial charge in [0.15, 0.2) is 5.76 Å². The number of rotatable bonds is 12. The van der Waals surface area contributed by atoms with E-state index in [1.165, 1.54) is 18.3 Å². The first kappa shape index (κ1) is 29.6. The molecule has 0 bridgehead atoms. The number of aryl methyl sites for hydroxylation is 1. The predicted octanol–water partition coefficient (Wildman–Crippen LogP) is 4.08. The van der Waals surface area contributed by atoms with Crippen LogP contribution in [-0.4, -0.2) is 53.8 Å². The Bertz CT molecular complexity index is 1310. The number of hydrogen-bond donors (Lipinski definition) is 2. The lowest BCUT2D eigenvalue weighted by Crippen LogP contribution is -2.50. The number of aromatic nitrogens is 1. The molecule has 0 spiro atoms. The van der Waals surface area contributed by atoms with E-state index in [1.807, 2.05) is 0 Å². The van der Waals surface area contributed by atoms with Crippen molar-refractivity contribution in [2.45, 2.75) is 50.0 Å². The van der Waals surface area contributed by atoms with Crippen LogP contribution in [-0.2, 0) is 27.8 Å². The van der Waals surface area contributed by atoms with E-state index >= 15 is 0 Å². The number of nitrogens with one attached hydrogen (secondary N) is 1. The highest BCUT2D eigenvalue weighted by atomic mass is 32.2. The van der Waals surface area contributed by atoms with Gasteiger partial charge in [-0.25, -0.2) is 8.42 Å². The van der Waals surface area contributed by atoms with Crippen LogP contribution >= 0.6 is 11.3 Å². The van der Waals surface area contributed by atoms with E-state index in [2.05, 4.69) is 10.5 Å². The van der Waals surface area contributed by atoms with E-state index in [4.69, 9.17) is 4.52 Å². The second-order valence-corrected chi connectivity index (χ2v) is 11.6. The molecular weight excluding hydrogens is 543 g/mol. The van der Waals surface area contributed by atoms with Crippen molar-refractivity contribution >= 4 is 27.3 Å². The molecule has 38 heavy (non-hydrogen) atoms. The van der Waals surface area contributed by atoms with Gasteiger partial charge in [0, 0.05) is 18.0 Å². The van der Waals surface area contributed by atoms with Crippen molar-refractivity contribution in [2.75, 3.05) is 6.54 Å². The number of aliphatic hydroxyl groups is 1. The van der Waals surface area contributed by atoms with Crippen LogP contribution in [0.3, 0.4) is 0 Å². The van der Waals surface area contributed by atoms with E-state index < -0.39 is 46.7 Å². The molecule has 1 amide bonds. The predicted molar refractivity (Wildman–Crippen MR) is 136 cm³/mol. The summed E-state index contributed by atoms with van der Waals surface area (Å²) in [5, 5.41) is 19.1. The second kappa shape index (κ2) is 12.7. The van der Waals surface area contributed by atoms with Gasteiger partial charge in [-0.3, -0.25) is 4.79 Å². The van der Waals surface area contributed by atoms with Crippen molar-refractivity contribution in [3.05, 3.63) is 82.4 Å². The smallest absolute Gasteiger partial charge is 0.390 e. The number of aliphatic hydroxyl groups excluding tert-OH is 1. The van der Waals surface area contributed by atoms with Gasteiger partial charge in [0.05, 0.1) is 24.3 Å². The number of benzene rings is 1. The Kier molecular flexibility index (Phi) is 9.88. The van der Waals surface area contributed by atoms with Crippen molar-refractivity contribution in [3.63, 3.8) is 0 Å². The van der Waals surface area contributed by atoms with Gasteiger partial charge < -0.3 is 14.9 Å². The summed E-state index contributed by atoms with van der Waals surface area (Å²) >= 11 is 1.33. The van der Waals surface area contributed by atoms with Gasteiger partial charge in [0.2, 0.25) is 15.9 Å². The van der Waals surface area contributed by atoms with Gasteiger partial charge in [-0.15, -0.1) is 11.3 Å². The normalized spacial score (nSPS) is 15.0. The van der Waals surface area contributed by atoms with Crippen LogP contribution in [0.4, 0.5) is 13.2 Å². The van der Waals surface area contributed by atoms with Crippen molar-refractivity contribution in [1.29, 1.82) is 0 Å². The minimum Gasteiger partial charge on any atom is -0.390 e. The Labute approximate surface area is 222 Å². The first-order valence-electron chi connectivity index (χ1n) is 11.6. The molecule has 1 aromatic carbocycles. The average molecular weight is 572 g/mol. The maximum atomic E-state index is 13.5. The van der Waals surface area contributed by atoms with Gasteiger partial charge in [0.1, 0.15) is 4.90 Å². The number of halogens is 3. The number of allylic oxidation sites excluding steroid dienone is 1. The lowest BCUT2D eigenvalue weighted by atomic mass is 10.0. The fraction of sp³-hybridized carbons (Fsp3) is 0.360. The van der Waals surface area contributed by atoms with Gasteiger partial charge in [-0.2, -0.15) is 17.5 Å². The second-order valence-electron chi connectivity index (χ2n) is 8.68. The largest absolute Gasteiger partial charge is 0.394 e. The van der Waals surface area contributed by atoms with Crippen LogP contribution in [0, 0.1) is 12.8 Å². The van der Waals surface area contributed by atoms with Gasteiger partial charge in [-0.1, -0.05) is 54.6 Å². The number of carbonyl (C=O) groups excluding carboxylic acids is 1. The molecule has 1 unspecified atom stereocenters. The molecular formula is C25H28F3N3O5S2. The van der Waals surface area contributed by atoms with Gasteiger partial charge in [-0.05, 0) is 36.4 Å². The fourth-order valence-corrected chi connectivity index (χ4v) is 5.87. The van der Waals surface area contributed by atoms with Crippen molar-refractivity contribution in [2.24, 2.45) is 5.92 Å². The van der Waals surface area contributed by atoms with Crippen LogP contribution in [0.5, 0.6) is 0 Å². The Morgan fingerprint density at radius 2 is 1.95 bits per heavy atom. The average Bonchev–Trinajstić information content (AvgIpc) is 3.53. The molecule has 3 atom stereocenters. The molecule has 0 saturated heterocycles. The quantitative estimate of drug-likeness (QED) is 0.317. The number of amides is 1. The lowest BCUT2D eigenvalue weighted by Gasteiger charge is -2.29. The minimum absolute atomic E-state index is 0.0588. The zero-order valence-electron chi connectivity index (χ0n) is 20.6. The Hall–Kier alpha value is -3.00. The SMILES string of the molecule is Cc1oncc1S(=O)(=O)N(Cc1cccs1)C[C@@H](O)[C@H](Cc1ccccc1)NC(=O)/C=C/C(C)C(F)(F)F. The van der Waals surface area contributed by atoms with E-state index in [9.17, 15) is 31.5 Å². The number of nitrogens with zero attached hydrogens (tertiary/aromatic N) is 2. The Morgan fingerprint density at radius 3 is 2.53 bits per heavy atom. The van der Waals surface area contributed by atoms with Gasteiger partial charge >= 0.3 is 6.18 Å². The van der Waals surface area contributed by atoms with Crippen molar-refractivity contribution in [3.8, 4) is 0 Å². The summed E-state index contributed by atoms with van der Waals surface area (Å²) in [6.45, 7) is 1.90. The van der Waals surface area contributed by atoms with Crippen LogP contribution in [0.2, 0.25) is 0 Å². The molecule has 8 nitrogen and oxygen atoms in total. The standard InChI is InChI=1S/C25H28F3N3O5S2/c1-17(25(26,27)28)10-11-24(33)30-21(13-19-7-4-3-5-8-19)22(32)16-31(15-20-9-6-12-37-20)38(34,35)23-14-29-36-18(23)2/h3-12,14,17,21-22,32H,13,15-16H2,1-2H3,(H,30,33)/b11-10+/t17?,21-,22+/m0/s1. The molecule has 0 aliphatic heterocycles. The summed E-state index contributed by atoms with van der Waals surface area (Å²) in [5.41, 5.74) is 0.729. The maximum Gasteiger partial charge on any atom is 0.394 e. The van der Waals surface area contributed by atoms with E-state index in [1.54, 1.807) is 47.8 Å². The van der Waals surface area contributed by atoms with Crippen LogP contribution in [0.1, 0.15) is 23.1 Å². The molecule has 206 valence electrons. The molecule has 2 aromatic heterocycles. The topological polar surface area (TPSA) is 113 Å². The highest BCUT2D eigenvalue weighted by Gasteiger charge is 2.35. The minimum atomic E-state index is -4.50. The Morgan fingerprint density at radius 1 is 1.24 bits per heavy atom. The van der Waals surface area contributed by atoms with Gasteiger partial charge in [0.25, 0.3) is 0 Å². The molecule has 13 heteroatoms. The first-order chi connectivity index (χ1) is 17.9. The monoisotopic (exact) mass is 571 g/mol. The molecule has 3 aromatic rings. The third kappa shape index (κ3) is 8.00. The van der Waals surface area contributed by atoms with E-state index in [0.717, 1.165) is 35.1 Å². The first-order valence-corrected chi connectivity index (χ1v) is 13.9. The maximum absolute atomic E-state index is 13.5. The highest BCUT2D eigenvalue weighted by molar-refractivity contribution is 7.89. The number of hydrogen-bond acceptors (Lipinski definition) is 7. The van der Waals surface area contributed by atoms with E-state index in [0.29, 0.717) is 4.88 Å². The Balaban J connectivity index is 1.86. The third-order valence-corrected chi connectivity index (χ3v) is 8.54. The molecule has 0 fully saturated rings. The van der Waals surface area contributed by atoms with Crippen molar-refractivity contribution < 1.29 is 36.0 Å². The molecule has 0 aliphatic carbocycles. The zero-order valence-corrected chi connectivity index (χ0v) is 22.3. The highest BCUT2D eigenvalue weighted by Crippen LogP contribution is 2.27. The molecule has 2 heterocycles. The summed E-state index contributed by atoms with van der Waals surface area (Å²) in [5.74, 6) is -2.61. The summed E-state index contributed by atoms with van der Waals surface area (Å²) in [7, 11) is -4.16. The summed E-state index contributed by atoms with van der Waals surface area (Å²) in [6.07, 6.45) is -3.24. The van der Waals surface area contributed by atoms with Crippen LogP contribution in [0.15, 0.2) is 75.6 Å². The molecule has 2 N–H and O–H groups in total. The number of sulfonamides is 1. The third-order valence-electron chi connectivity index (χ3n) is 5.77. The summed E-state index contributed by atoms with van der Waals surface area (Å²) in [6, 6.07) is 11.3.